The molecule has 1 aliphatic rings. The number of nitrogens with one attached hydrogen (secondary N) is 1. The monoisotopic (exact) mass is 281 g/mol. The molecule has 2 rings (SSSR count). The molecule has 1 N–H and O–H groups in total. The van der Waals surface area contributed by atoms with Gasteiger partial charge in [0.1, 0.15) is 0 Å². The molecule has 0 aliphatic carbocycles. The standard InChI is InChI=1S/C14H23N3OS/c1-10(2)6-15-7-12-8-16-14(17-9-12)19-13-4-5-18-11(13)3/h8-11,13,15H,4-7H2,1-3H3. The molecule has 0 bridgehead atoms. The van der Waals surface area contributed by atoms with Crippen LogP contribution in [0.25, 0.3) is 0 Å². The molecule has 2 atom stereocenters. The largest absolute Gasteiger partial charge is 0.377 e. The number of ether oxygens (including phenoxy) is 1. The van der Waals surface area contributed by atoms with Gasteiger partial charge in [0.25, 0.3) is 0 Å². The molecule has 1 aromatic heterocycles. The van der Waals surface area contributed by atoms with E-state index in [1.54, 1.807) is 11.8 Å². The Kier molecular flexibility index (Phi) is 5.60. The first-order valence-electron chi connectivity index (χ1n) is 6.95. The van der Waals surface area contributed by atoms with E-state index in [2.05, 4.69) is 36.1 Å². The van der Waals surface area contributed by atoms with E-state index in [-0.39, 0.29) is 0 Å². The summed E-state index contributed by atoms with van der Waals surface area (Å²) in [6.07, 6.45) is 5.24. The van der Waals surface area contributed by atoms with E-state index in [4.69, 9.17) is 4.74 Å². The van der Waals surface area contributed by atoms with Crippen LogP contribution in [-0.2, 0) is 11.3 Å². The molecule has 1 saturated heterocycles. The number of nitrogens with zero attached hydrogens (tertiary/aromatic N) is 2. The average Bonchev–Trinajstić information content (AvgIpc) is 2.77. The number of thioether (sulfide) groups is 1. The van der Waals surface area contributed by atoms with Crippen molar-refractivity contribution in [3.63, 3.8) is 0 Å². The lowest BCUT2D eigenvalue weighted by atomic mass is 10.2. The van der Waals surface area contributed by atoms with Crippen molar-refractivity contribution in [1.29, 1.82) is 0 Å². The van der Waals surface area contributed by atoms with Crippen LogP contribution in [0.2, 0.25) is 0 Å². The molecule has 2 unspecified atom stereocenters. The fourth-order valence-electron chi connectivity index (χ4n) is 2.00. The first kappa shape index (κ1) is 14.8. The van der Waals surface area contributed by atoms with Crippen molar-refractivity contribution in [3.05, 3.63) is 18.0 Å². The van der Waals surface area contributed by atoms with E-state index < -0.39 is 0 Å². The molecule has 0 radical (unpaired) electrons. The molecule has 19 heavy (non-hydrogen) atoms. The second-order valence-corrected chi connectivity index (χ2v) is 6.63. The van der Waals surface area contributed by atoms with Gasteiger partial charge >= 0.3 is 0 Å². The van der Waals surface area contributed by atoms with Gasteiger partial charge in [-0.2, -0.15) is 0 Å². The molecule has 1 fully saturated rings. The second kappa shape index (κ2) is 7.22. The summed E-state index contributed by atoms with van der Waals surface area (Å²) in [5, 5.41) is 4.74. The molecule has 0 amide bonds. The van der Waals surface area contributed by atoms with Crippen molar-refractivity contribution in [3.8, 4) is 0 Å². The van der Waals surface area contributed by atoms with Crippen LogP contribution in [0.15, 0.2) is 17.6 Å². The predicted octanol–water partition coefficient (Wildman–Crippen LogP) is 2.49. The topological polar surface area (TPSA) is 47.0 Å². The number of aromatic nitrogens is 2. The molecule has 106 valence electrons. The highest BCUT2D eigenvalue weighted by atomic mass is 32.2. The highest BCUT2D eigenvalue weighted by Gasteiger charge is 2.25. The maximum absolute atomic E-state index is 5.55. The highest BCUT2D eigenvalue weighted by molar-refractivity contribution is 7.99. The van der Waals surface area contributed by atoms with Crippen molar-refractivity contribution < 1.29 is 4.74 Å². The quantitative estimate of drug-likeness (QED) is 0.812. The van der Waals surface area contributed by atoms with Gasteiger partial charge in [0.15, 0.2) is 5.16 Å². The van der Waals surface area contributed by atoms with Crippen molar-refractivity contribution in [2.24, 2.45) is 5.92 Å². The lowest BCUT2D eigenvalue weighted by Gasteiger charge is -2.12. The fraction of sp³-hybridized carbons (Fsp3) is 0.714. The highest BCUT2D eigenvalue weighted by Crippen LogP contribution is 2.30. The van der Waals surface area contributed by atoms with E-state index in [0.29, 0.717) is 17.3 Å². The Bertz CT molecular complexity index is 383. The van der Waals surface area contributed by atoms with Crippen molar-refractivity contribution in [1.82, 2.24) is 15.3 Å². The third kappa shape index (κ3) is 4.75. The molecular formula is C14H23N3OS. The summed E-state index contributed by atoms with van der Waals surface area (Å²) in [6.45, 7) is 9.24. The van der Waals surface area contributed by atoms with E-state index in [1.807, 2.05) is 12.4 Å². The van der Waals surface area contributed by atoms with Gasteiger partial charge in [-0.3, -0.25) is 0 Å². The molecule has 1 aliphatic heterocycles. The summed E-state index contributed by atoms with van der Waals surface area (Å²) >= 11 is 1.73. The summed E-state index contributed by atoms with van der Waals surface area (Å²) < 4.78 is 5.55. The number of hydrogen-bond acceptors (Lipinski definition) is 5. The zero-order valence-corrected chi connectivity index (χ0v) is 12.7. The lowest BCUT2D eigenvalue weighted by molar-refractivity contribution is 0.127. The van der Waals surface area contributed by atoms with E-state index in [1.165, 1.54) is 0 Å². The summed E-state index contributed by atoms with van der Waals surface area (Å²) in [6, 6.07) is 0. The van der Waals surface area contributed by atoms with Gasteiger partial charge in [0.2, 0.25) is 0 Å². The molecular weight excluding hydrogens is 258 g/mol. The molecule has 0 saturated carbocycles. The van der Waals surface area contributed by atoms with Gasteiger partial charge < -0.3 is 10.1 Å². The Labute approximate surface area is 119 Å². The minimum absolute atomic E-state index is 0.306. The average molecular weight is 281 g/mol. The van der Waals surface area contributed by atoms with Crippen molar-refractivity contribution in [2.45, 2.75) is 50.2 Å². The zero-order chi connectivity index (χ0) is 13.7. The van der Waals surface area contributed by atoms with Crippen LogP contribution in [0, 0.1) is 5.92 Å². The van der Waals surface area contributed by atoms with Crippen molar-refractivity contribution >= 4 is 11.8 Å². The molecule has 0 spiro atoms. The third-order valence-electron chi connectivity index (χ3n) is 3.13. The Morgan fingerprint density at radius 2 is 2.16 bits per heavy atom. The third-order valence-corrected chi connectivity index (χ3v) is 4.47. The molecule has 5 heteroatoms. The lowest BCUT2D eigenvalue weighted by Crippen LogP contribution is -2.19. The zero-order valence-electron chi connectivity index (χ0n) is 11.9. The summed E-state index contributed by atoms with van der Waals surface area (Å²) in [5.41, 5.74) is 1.14. The first-order valence-corrected chi connectivity index (χ1v) is 7.83. The SMILES string of the molecule is CC(C)CNCc1cnc(SC2CCOC2C)nc1. The van der Waals surface area contributed by atoms with Crippen LogP contribution in [0.1, 0.15) is 32.8 Å². The summed E-state index contributed by atoms with van der Waals surface area (Å²) in [4.78, 5) is 8.86. The van der Waals surface area contributed by atoms with E-state index in [9.17, 15) is 0 Å². The minimum Gasteiger partial charge on any atom is -0.377 e. The number of hydrogen-bond donors (Lipinski definition) is 1. The maximum Gasteiger partial charge on any atom is 0.187 e. The van der Waals surface area contributed by atoms with Gasteiger partial charge in [-0.25, -0.2) is 9.97 Å². The number of rotatable bonds is 6. The second-order valence-electron chi connectivity index (χ2n) is 5.42. The van der Waals surface area contributed by atoms with Crippen LogP contribution in [0.5, 0.6) is 0 Å². The Hall–Kier alpha value is -0.650. The van der Waals surface area contributed by atoms with Gasteiger partial charge in [0.05, 0.1) is 6.10 Å². The molecule has 2 heterocycles. The van der Waals surface area contributed by atoms with Crippen LogP contribution in [0.4, 0.5) is 0 Å². The first-order chi connectivity index (χ1) is 9.15. The minimum atomic E-state index is 0.306. The molecule has 4 nitrogen and oxygen atoms in total. The maximum atomic E-state index is 5.55. The Balaban J connectivity index is 1.81. The van der Waals surface area contributed by atoms with E-state index >= 15 is 0 Å². The van der Waals surface area contributed by atoms with Gasteiger partial charge in [0, 0.05) is 36.4 Å². The van der Waals surface area contributed by atoms with Crippen LogP contribution >= 0.6 is 11.8 Å². The summed E-state index contributed by atoms with van der Waals surface area (Å²) in [5.74, 6) is 0.666. The molecule has 1 aromatic rings. The Morgan fingerprint density at radius 3 is 2.74 bits per heavy atom. The van der Waals surface area contributed by atoms with Gasteiger partial charge in [-0.1, -0.05) is 25.6 Å². The fourth-order valence-corrected chi connectivity index (χ4v) is 2.98. The summed E-state index contributed by atoms with van der Waals surface area (Å²) in [7, 11) is 0. The van der Waals surface area contributed by atoms with Gasteiger partial charge in [-0.15, -0.1) is 0 Å². The van der Waals surface area contributed by atoms with Crippen LogP contribution in [0.3, 0.4) is 0 Å². The predicted molar refractivity (Wildman–Crippen MR) is 78.3 cm³/mol. The van der Waals surface area contributed by atoms with Crippen molar-refractivity contribution in [2.75, 3.05) is 13.2 Å². The smallest absolute Gasteiger partial charge is 0.187 e. The van der Waals surface area contributed by atoms with Crippen LogP contribution in [-0.4, -0.2) is 34.5 Å². The van der Waals surface area contributed by atoms with E-state index in [0.717, 1.165) is 36.8 Å². The molecule has 0 aromatic carbocycles. The van der Waals surface area contributed by atoms with Gasteiger partial charge in [-0.05, 0) is 25.8 Å². The normalized spacial score (nSPS) is 23.2. The van der Waals surface area contributed by atoms with Crippen LogP contribution < -0.4 is 5.32 Å². The Morgan fingerprint density at radius 1 is 1.42 bits per heavy atom.